The van der Waals surface area contributed by atoms with Crippen LogP contribution in [0.25, 0.3) is 0 Å². The Hall–Kier alpha value is -0.550. The second-order valence-corrected chi connectivity index (χ2v) is 3.65. The lowest BCUT2D eigenvalue weighted by Gasteiger charge is -2.40. The van der Waals surface area contributed by atoms with Gasteiger partial charge in [-0.15, -0.1) is 0 Å². The topological polar surface area (TPSA) is 35.8 Å². The molecule has 0 spiro atoms. The van der Waals surface area contributed by atoms with Crippen LogP contribution < -0.4 is 5.32 Å². The van der Waals surface area contributed by atoms with E-state index in [1.165, 1.54) is 19.3 Å². The van der Waals surface area contributed by atoms with Crippen LogP contribution in [0.3, 0.4) is 0 Å². The number of hydrogen-bond acceptors (Lipinski definition) is 2. The van der Waals surface area contributed by atoms with Gasteiger partial charge in [0.2, 0.25) is 0 Å². The van der Waals surface area contributed by atoms with Crippen molar-refractivity contribution in [3.05, 3.63) is 0 Å². The zero-order valence-corrected chi connectivity index (χ0v) is 7.35. The van der Waals surface area contributed by atoms with Gasteiger partial charge in [-0.25, -0.2) is 0 Å². The summed E-state index contributed by atoms with van der Waals surface area (Å²) >= 11 is 0. The standard InChI is InChI=1S/C9H16N2/c1-3-8(7-10)11-9(2)5-4-6-9/h8,11H,3-6H2,1-2H3. The molecule has 1 fully saturated rings. The lowest BCUT2D eigenvalue weighted by Crippen LogP contribution is -2.52. The zero-order valence-electron chi connectivity index (χ0n) is 7.35. The van der Waals surface area contributed by atoms with Crippen molar-refractivity contribution in [1.82, 2.24) is 5.32 Å². The molecule has 1 aliphatic carbocycles. The van der Waals surface area contributed by atoms with Crippen LogP contribution in [0.15, 0.2) is 0 Å². The van der Waals surface area contributed by atoms with Crippen LogP contribution in [0.2, 0.25) is 0 Å². The molecule has 0 bridgehead atoms. The number of rotatable bonds is 3. The van der Waals surface area contributed by atoms with Crippen LogP contribution >= 0.6 is 0 Å². The first kappa shape index (κ1) is 8.55. The SMILES string of the molecule is CCC(C#N)NC1(C)CCC1. The van der Waals surface area contributed by atoms with Crippen molar-refractivity contribution in [2.75, 3.05) is 0 Å². The van der Waals surface area contributed by atoms with Gasteiger partial charge in [-0.2, -0.15) is 5.26 Å². The second-order valence-electron chi connectivity index (χ2n) is 3.65. The van der Waals surface area contributed by atoms with Gasteiger partial charge in [-0.1, -0.05) is 6.92 Å². The first-order valence-corrected chi connectivity index (χ1v) is 4.37. The lowest BCUT2D eigenvalue weighted by atomic mass is 9.78. The van der Waals surface area contributed by atoms with Gasteiger partial charge in [0, 0.05) is 5.54 Å². The van der Waals surface area contributed by atoms with Crippen molar-refractivity contribution in [2.45, 2.75) is 51.1 Å². The number of nitrogens with zero attached hydrogens (tertiary/aromatic N) is 1. The highest BCUT2D eigenvalue weighted by atomic mass is 15.0. The summed E-state index contributed by atoms with van der Waals surface area (Å²) in [5.74, 6) is 0. The molecule has 0 aromatic heterocycles. The second kappa shape index (κ2) is 3.23. The molecule has 1 saturated carbocycles. The molecule has 0 saturated heterocycles. The predicted octanol–water partition coefficient (Wildman–Crippen LogP) is 1.82. The molecule has 1 atom stereocenters. The summed E-state index contributed by atoms with van der Waals surface area (Å²) in [5, 5.41) is 12.1. The average molecular weight is 152 g/mol. The maximum Gasteiger partial charge on any atom is 0.0954 e. The van der Waals surface area contributed by atoms with Gasteiger partial charge in [0.15, 0.2) is 0 Å². The third-order valence-electron chi connectivity index (χ3n) is 2.54. The van der Waals surface area contributed by atoms with Gasteiger partial charge < -0.3 is 0 Å². The molecule has 0 aliphatic heterocycles. The van der Waals surface area contributed by atoms with Crippen LogP contribution in [0.1, 0.15) is 39.5 Å². The van der Waals surface area contributed by atoms with Crippen LogP contribution in [0, 0.1) is 11.3 Å². The van der Waals surface area contributed by atoms with E-state index >= 15 is 0 Å². The van der Waals surface area contributed by atoms with E-state index in [-0.39, 0.29) is 11.6 Å². The molecule has 2 heteroatoms. The van der Waals surface area contributed by atoms with Crippen molar-refractivity contribution in [1.29, 1.82) is 5.26 Å². The van der Waals surface area contributed by atoms with E-state index in [0.717, 1.165) is 6.42 Å². The summed E-state index contributed by atoms with van der Waals surface area (Å²) in [6.07, 6.45) is 4.67. The van der Waals surface area contributed by atoms with Crippen molar-refractivity contribution in [3.63, 3.8) is 0 Å². The minimum atomic E-state index is 0.0558. The van der Waals surface area contributed by atoms with E-state index in [2.05, 4.69) is 18.3 Å². The average Bonchev–Trinajstić information content (AvgIpc) is 1.97. The smallest absolute Gasteiger partial charge is 0.0954 e. The zero-order chi connectivity index (χ0) is 8.32. The normalized spacial score (nSPS) is 23.4. The van der Waals surface area contributed by atoms with E-state index in [9.17, 15) is 0 Å². The predicted molar refractivity (Wildman–Crippen MR) is 45.1 cm³/mol. The minimum Gasteiger partial charge on any atom is -0.297 e. The first-order valence-electron chi connectivity index (χ1n) is 4.37. The van der Waals surface area contributed by atoms with Crippen molar-refractivity contribution in [3.8, 4) is 6.07 Å². The Morgan fingerprint density at radius 1 is 1.64 bits per heavy atom. The summed E-state index contributed by atoms with van der Waals surface area (Å²) < 4.78 is 0. The highest BCUT2D eigenvalue weighted by molar-refractivity contribution is 4.99. The van der Waals surface area contributed by atoms with E-state index in [4.69, 9.17) is 5.26 Å². The number of hydrogen-bond donors (Lipinski definition) is 1. The molecule has 0 heterocycles. The summed E-state index contributed by atoms with van der Waals surface area (Å²) in [5.41, 5.74) is 0.274. The molecular weight excluding hydrogens is 136 g/mol. The minimum absolute atomic E-state index is 0.0558. The molecule has 0 aromatic carbocycles. The van der Waals surface area contributed by atoms with Crippen LogP contribution in [-0.2, 0) is 0 Å². The maximum absolute atomic E-state index is 8.70. The van der Waals surface area contributed by atoms with Crippen molar-refractivity contribution >= 4 is 0 Å². The van der Waals surface area contributed by atoms with Gasteiger partial charge in [0.1, 0.15) is 0 Å². The first-order chi connectivity index (χ1) is 5.20. The fourth-order valence-electron chi connectivity index (χ4n) is 1.50. The van der Waals surface area contributed by atoms with E-state index in [1.807, 2.05) is 6.92 Å². The van der Waals surface area contributed by atoms with Crippen LogP contribution in [0.5, 0.6) is 0 Å². The third-order valence-corrected chi connectivity index (χ3v) is 2.54. The Kier molecular flexibility index (Phi) is 2.51. The number of nitrogens with one attached hydrogen (secondary N) is 1. The van der Waals surface area contributed by atoms with Gasteiger partial charge >= 0.3 is 0 Å². The van der Waals surface area contributed by atoms with Crippen LogP contribution in [0.4, 0.5) is 0 Å². The van der Waals surface area contributed by atoms with Gasteiger partial charge in [-0.3, -0.25) is 5.32 Å². The molecule has 0 amide bonds. The highest BCUT2D eigenvalue weighted by Crippen LogP contribution is 2.31. The quantitative estimate of drug-likeness (QED) is 0.669. The summed E-state index contributed by atoms with van der Waals surface area (Å²) in [6, 6.07) is 2.32. The highest BCUT2D eigenvalue weighted by Gasteiger charge is 2.32. The molecule has 62 valence electrons. The fourth-order valence-corrected chi connectivity index (χ4v) is 1.50. The summed E-state index contributed by atoms with van der Waals surface area (Å²) in [6.45, 7) is 4.25. The summed E-state index contributed by atoms with van der Waals surface area (Å²) in [7, 11) is 0. The summed E-state index contributed by atoms with van der Waals surface area (Å²) in [4.78, 5) is 0. The lowest BCUT2D eigenvalue weighted by molar-refractivity contribution is 0.196. The van der Waals surface area contributed by atoms with E-state index in [1.54, 1.807) is 0 Å². The van der Waals surface area contributed by atoms with Crippen molar-refractivity contribution in [2.24, 2.45) is 0 Å². The molecule has 0 aromatic rings. The maximum atomic E-state index is 8.70. The molecule has 2 nitrogen and oxygen atoms in total. The molecule has 1 aliphatic rings. The Bertz CT molecular complexity index is 165. The van der Waals surface area contributed by atoms with E-state index in [0.29, 0.717) is 0 Å². The Morgan fingerprint density at radius 3 is 2.55 bits per heavy atom. The molecule has 11 heavy (non-hydrogen) atoms. The molecule has 1 N–H and O–H groups in total. The van der Waals surface area contributed by atoms with Gasteiger partial charge in [0.25, 0.3) is 0 Å². The molecule has 0 radical (unpaired) electrons. The Labute approximate surface area is 68.6 Å². The molecule has 1 unspecified atom stereocenters. The molecule has 1 rings (SSSR count). The molecular formula is C9H16N2. The fraction of sp³-hybridized carbons (Fsp3) is 0.889. The number of nitriles is 1. The van der Waals surface area contributed by atoms with E-state index < -0.39 is 0 Å². The Morgan fingerprint density at radius 2 is 2.27 bits per heavy atom. The van der Waals surface area contributed by atoms with Crippen molar-refractivity contribution < 1.29 is 0 Å². The largest absolute Gasteiger partial charge is 0.297 e. The monoisotopic (exact) mass is 152 g/mol. The van der Waals surface area contributed by atoms with Gasteiger partial charge in [0.05, 0.1) is 12.1 Å². The third kappa shape index (κ3) is 1.94. The van der Waals surface area contributed by atoms with Gasteiger partial charge in [-0.05, 0) is 32.6 Å². The Balaban J connectivity index is 2.34. The van der Waals surface area contributed by atoms with Crippen LogP contribution in [-0.4, -0.2) is 11.6 Å².